The van der Waals surface area contributed by atoms with Crippen LogP contribution >= 0.6 is 24.0 Å². The fraction of sp³-hybridized carbons (Fsp3) is 0.447. The van der Waals surface area contributed by atoms with Gasteiger partial charge in [-0.05, 0) is 110 Å². The van der Waals surface area contributed by atoms with Gasteiger partial charge < -0.3 is 25.0 Å². The molecule has 0 spiro atoms. The van der Waals surface area contributed by atoms with Gasteiger partial charge in [-0.2, -0.15) is 0 Å². The maximum atomic E-state index is 12.1. The molecule has 0 saturated carbocycles. The van der Waals surface area contributed by atoms with E-state index in [1.165, 1.54) is 29.3 Å². The summed E-state index contributed by atoms with van der Waals surface area (Å²) in [4.78, 5) is 17.9. The van der Waals surface area contributed by atoms with Crippen LogP contribution in [0.2, 0.25) is 5.02 Å². The molecule has 4 aromatic rings. The fourth-order valence-corrected chi connectivity index (χ4v) is 7.06. The van der Waals surface area contributed by atoms with Gasteiger partial charge in [0.05, 0.1) is 19.3 Å². The van der Waals surface area contributed by atoms with E-state index in [1.54, 1.807) is 12.1 Å². The summed E-state index contributed by atoms with van der Waals surface area (Å²) in [6, 6.07) is 27.8. The number of carbonyl (C=O) groups excluding carboxylic acids is 1. The van der Waals surface area contributed by atoms with Gasteiger partial charge in [0.1, 0.15) is 17.1 Å². The van der Waals surface area contributed by atoms with Gasteiger partial charge in [-0.3, -0.25) is 4.79 Å². The lowest BCUT2D eigenvalue weighted by atomic mass is 9.82. The highest BCUT2D eigenvalue weighted by molar-refractivity contribution is 6.31. The minimum Gasteiger partial charge on any atom is -0.508 e. The molecule has 1 heterocycles. The highest BCUT2D eigenvalue weighted by Gasteiger charge is 2.41. The minimum atomic E-state index is -0.641. The van der Waals surface area contributed by atoms with Crippen LogP contribution in [-0.2, 0) is 16.9 Å². The Hall–Kier alpha value is -3.90. The van der Waals surface area contributed by atoms with Gasteiger partial charge in [-0.25, -0.2) is 4.85 Å². The molecule has 7 nitrogen and oxygen atoms in total. The number of nitrogens with zero attached hydrogens (tertiary/aromatic N) is 2. The first-order valence-corrected chi connectivity index (χ1v) is 19.5. The average Bonchev–Trinajstić information content (AvgIpc) is 3.48. The van der Waals surface area contributed by atoms with Gasteiger partial charge >= 0.3 is 0 Å². The number of rotatable bonds is 11. The van der Waals surface area contributed by atoms with E-state index >= 15 is 0 Å². The first kappa shape index (κ1) is 48.2. The number of hydrogen-bond acceptors (Lipinski definition) is 6. The predicted molar refractivity (Wildman–Crippen MR) is 232 cm³/mol. The Morgan fingerprint density at radius 1 is 0.911 bits per heavy atom. The standard InChI is InChI=1S/C20H22N2O.C14H19ClO.C13H20O3.ClH/c1-21-18-10-11-19-16(14-18)15-23-20(19,12-7-13-22(2)3)17-8-5-4-6-9-17;1-10(9-14(2,3)4)13(16)11-6-5-7-12(15)8-11;1-13(2,3)5-4-12(16)9-6-10(14)8-11(15)7-9;/h4-6,8-11,14H,7,12-13,15H2,2-3H3;5-8,10H,9H2,1-4H3;6-8,12,14-16H,4-5H2,1-3H3;1H. The van der Waals surface area contributed by atoms with Gasteiger partial charge in [-0.1, -0.05) is 121 Å². The van der Waals surface area contributed by atoms with Crippen molar-refractivity contribution in [2.45, 2.75) is 98.9 Å². The molecule has 56 heavy (non-hydrogen) atoms. The van der Waals surface area contributed by atoms with Gasteiger partial charge in [-0.15, -0.1) is 12.4 Å². The zero-order valence-corrected chi connectivity index (χ0v) is 36.2. The van der Waals surface area contributed by atoms with Gasteiger partial charge in [0, 0.05) is 22.6 Å². The van der Waals surface area contributed by atoms with Crippen LogP contribution in [-0.4, -0.2) is 46.6 Å². The largest absolute Gasteiger partial charge is 0.508 e. The number of fused-ring (bicyclic) bond motifs is 1. The Morgan fingerprint density at radius 2 is 1.55 bits per heavy atom. The number of ketones is 1. The molecule has 4 aromatic carbocycles. The van der Waals surface area contributed by atoms with Crippen molar-refractivity contribution in [2.24, 2.45) is 16.7 Å². The summed E-state index contributed by atoms with van der Waals surface area (Å²) in [5.74, 6) is 0.172. The lowest BCUT2D eigenvalue weighted by Crippen LogP contribution is -2.28. The summed E-state index contributed by atoms with van der Waals surface area (Å²) in [6.07, 6.45) is 3.75. The van der Waals surface area contributed by atoms with Crippen LogP contribution < -0.4 is 0 Å². The van der Waals surface area contributed by atoms with Crippen molar-refractivity contribution in [3.05, 3.63) is 135 Å². The van der Waals surface area contributed by atoms with Gasteiger partial charge in [0.15, 0.2) is 11.5 Å². The van der Waals surface area contributed by atoms with Crippen LogP contribution in [0.4, 0.5) is 5.69 Å². The Morgan fingerprint density at radius 3 is 2.11 bits per heavy atom. The molecule has 0 saturated heterocycles. The average molecular weight is 806 g/mol. The molecule has 5 rings (SSSR count). The number of Topliss-reactive ketones (excluding diaryl/α,β-unsaturated/α-hetero) is 1. The molecular weight excluding hydrogens is 743 g/mol. The third-order valence-corrected chi connectivity index (χ3v) is 9.69. The molecule has 0 fully saturated rings. The second-order valence-corrected chi connectivity index (χ2v) is 17.7. The molecule has 0 aliphatic carbocycles. The Balaban J connectivity index is 0.000000296. The lowest BCUT2D eigenvalue weighted by molar-refractivity contribution is -0.0139. The molecule has 0 radical (unpaired) electrons. The van der Waals surface area contributed by atoms with Crippen LogP contribution in [0.1, 0.15) is 119 Å². The molecule has 0 bridgehead atoms. The van der Waals surface area contributed by atoms with Crippen LogP contribution in [0, 0.1) is 23.3 Å². The maximum Gasteiger partial charge on any atom is 0.187 e. The summed E-state index contributed by atoms with van der Waals surface area (Å²) in [7, 11) is 4.20. The van der Waals surface area contributed by atoms with E-state index in [0.29, 0.717) is 34.9 Å². The number of ether oxygens (including phenoxy) is 1. The van der Waals surface area contributed by atoms with E-state index < -0.39 is 6.10 Å². The Labute approximate surface area is 346 Å². The van der Waals surface area contributed by atoms with Crippen LogP contribution in [0.3, 0.4) is 0 Å². The molecule has 3 unspecified atom stereocenters. The summed E-state index contributed by atoms with van der Waals surface area (Å²) in [6.45, 7) is 23.6. The number of halogens is 2. The molecular formula is C47H62Cl2N2O5. The predicted octanol–water partition coefficient (Wildman–Crippen LogP) is 12.3. The number of aliphatic hydroxyl groups excluding tert-OH is 1. The molecule has 1 aliphatic heterocycles. The minimum absolute atomic E-state index is 0. The SMILES string of the molecule is CC(C)(C)CCC(O)c1cc(O)cc(O)c1.CC(CC(C)(C)C)C(=O)c1cccc(Cl)c1.Cl.[C-]#[N+]c1ccc2c(c1)COC2(CCCN(C)C)c1ccccc1. The van der Waals surface area contributed by atoms with Crippen molar-refractivity contribution in [2.75, 3.05) is 20.6 Å². The second kappa shape index (κ2) is 21.6. The molecule has 304 valence electrons. The zero-order chi connectivity index (χ0) is 41.0. The summed E-state index contributed by atoms with van der Waals surface area (Å²) in [5.41, 5.74) is 5.48. The first-order valence-electron chi connectivity index (χ1n) is 19.1. The van der Waals surface area contributed by atoms with E-state index in [-0.39, 0.29) is 52.0 Å². The molecule has 0 aromatic heterocycles. The number of carbonyl (C=O) groups is 1. The second-order valence-electron chi connectivity index (χ2n) is 17.3. The molecule has 1 aliphatic rings. The maximum absolute atomic E-state index is 12.1. The molecule has 3 atom stereocenters. The highest BCUT2D eigenvalue weighted by Crippen LogP contribution is 2.46. The number of aliphatic hydroxyl groups is 1. The van der Waals surface area contributed by atoms with Crippen molar-refractivity contribution in [3.63, 3.8) is 0 Å². The van der Waals surface area contributed by atoms with E-state index in [0.717, 1.165) is 37.8 Å². The van der Waals surface area contributed by atoms with E-state index in [4.69, 9.17) is 22.9 Å². The third kappa shape index (κ3) is 15.2. The number of hydrogen-bond donors (Lipinski definition) is 3. The molecule has 3 N–H and O–H groups in total. The topological polar surface area (TPSA) is 94.6 Å². The fourth-order valence-electron chi connectivity index (χ4n) is 6.87. The van der Waals surface area contributed by atoms with Crippen molar-refractivity contribution >= 4 is 35.5 Å². The first-order chi connectivity index (χ1) is 25.7. The summed E-state index contributed by atoms with van der Waals surface area (Å²) >= 11 is 5.87. The Kier molecular flexibility index (Phi) is 18.6. The third-order valence-electron chi connectivity index (χ3n) is 9.45. The quantitative estimate of drug-likeness (QED) is 0.103. The van der Waals surface area contributed by atoms with Crippen molar-refractivity contribution in [1.29, 1.82) is 0 Å². The van der Waals surface area contributed by atoms with Crippen LogP contribution in [0.5, 0.6) is 11.5 Å². The number of phenols is 2. The molecule has 0 amide bonds. The summed E-state index contributed by atoms with van der Waals surface area (Å²) < 4.78 is 6.36. The number of aromatic hydroxyl groups is 2. The normalized spacial score (nSPS) is 15.8. The monoisotopic (exact) mass is 804 g/mol. The van der Waals surface area contributed by atoms with Crippen LogP contribution in [0.25, 0.3) is 4.85 Å². The van der Waals surface area contributed by atoms with Crippen molar-refractivity contribution < 1.29 is 24.9 Å². The van der Waals surface area contributed by atoms with E-state index in [1.807, 2.05) is 37.3 Å². The van der Waals surface area contributed by atoms with Crippen molar-refractivity contribution in [3.8, 4) is 11.5 Å². The lowest BCUT2D eigenvalue weighted by Gasteiger charge is -2.31. The molecule has 9 heteroatoms. The van der Waals surface area contributed by atoms with E-state index in [9.17, 15) is 20.1 Å². The smallest absolute Gasteiger partial charge is 0.187 e. The number of phenolic OH excluding ortho intramolecular Hbond substituents is 2. The highest BCUT2D eigenvalue weighted by atomic mass is 35.5. The number of benzene rings is 4. The van der Waals surface area contributed by atoms with Gasteiger partial charge in [0.25, 0.3) is 0 Å². The van der Waals surface area contributed by atoms with Crippen molar-refractivity contribution in [1.82, 2.24) is 4.90 Å². The van der Waals surface area contributed by atoms with Crippen LogP contribution in [0.15, 0.2) is 91.0 Å². The summed E-state index contributed by atoms with van der Waals surface area (Å²) in [5, 5.41) is 29.1. The Bertz CT molecular complexity index is 1860. The van der Waals surface area contributed by atoms with Gasteiger partial charge in [0.2, 0.25) is 0 Å². The zero-order valence-electron chi connectivity index (χ0n) is 34.6. The van der Waals surface area contributed by atoms with E-state index in [2.05, 4.69) is 95.7 Å².